The van der Waals surface area contributed by atoms with Crippen LogP contribution in [0, 0.1) is 0 Å². The van der Waals surface area contributed by atoms with E-state index < -0.39 is 0 Å². The summed E-state index contributed by atoms with van der Waals surface area (Å²) in [6.07, 6.45) is 3.73. The number of imidazole rings is 1. The standard InChI is InChI=1S/C15H12N4/c1-2-4-11(5-3-1)9-19-10-16-14-7-13-12(6-15(14)19)8-17-18-13/h1-8,10H,9H2,(H,17,18). The average Bonchev–Trinajstić information content (AvgIpc) is 3.05. The Morgan fingerprint density at radius 1 is 1.11 bits per heavy atom. The molecular formula is C15H12N4. The molecule has 0 saturated heterocycles. The summed E-state index contributed by atoms with van der Waals surface area (Å²) in [4.78, 5) is 4.46. The minimum Gasteiger partial charge on any atom is -0.326 e. The smallest absolute Gasteiger partial charge is 0.0961 e. The highest BCUT2D eigenvalue weighted by molar-refractivity contribution is 5.92. The molecule has 4 nitrogen and oxygen atoms in total. The third-order valence-electron chi connectivity index (χ3n) is 3.38. The van der Waals surface area contributed by atoms with Crippen molar-refractivity contribution in [1.82, 2.24) is 19.7 Å². The van der Waals surface area contributed by atoms with Crippen molar-refractivity contribution in [2.24, 2.45) is 0 Å². The number of hydrogen-bond acceptors (Lipinski definition) is 2. The maximum absolute atomic E-state index is 4.46. The number of H-pyrrole nitrogens is 1. The first-order valence-corrected chi connectivity index (χ1v) is 6.22. The second-order valence-electron chi connectivity index (χ2n) is 4.66. The number of rotatable bonds is 2. The van der Waals surface area contributed by atoms with Gasteiger partial charge in [-0.05, 0) is 17.7 Å². The fourth-order valence-electron chi connectivity index (χ4n) is 2.40. The molecule has 0 saturated carbocycles. The molecule has 0 unspecified atom stereocenters. The summed E-state index contributed by atoms with van der Waals surface area (Å²) < 4.78 is 2.16. The van der Waals surface area contributed by atoms with Crippen LogP contribution in [0.2, 0.25) is 0 Å². The molecule has 0 aliphatic carbocycles. The van der Waals surface area contributed by atoms with E-state index in [0.717, 1.165) is 28.5 Å². The molecular weight excluding hydrogens is 236 g/mol. The predicted molar refractivity (Wildman–Crippen MR) is 74.9 cm³/mol. The van der Waals surface area contributed by atoms with Crippen molar-refractivity contribution < 1.29 is 0 Å². The number of hydrogen-bond donors (Lipinski definition) is 1. The lowest BCUT2D eigenvalue weighted by Gasteiger charge is -2.04. The zero-order chi connectivity index (χ0) is 12.7. The largest absolute Gasteiger partial charge is 0.326 e. The first-order chi connectivity index (χ1) is 9.40. The highest BCUT2D eigenvalue weighted by Gasteiger charge is 2.06. The van der Waals surface area contributed by atoms with Gasteiger partial charge in [0.1, 0.15) is 0 Å². The van der Waals surface area contributed by atoms with E-state index in [9.17, 15) is 0 Å². The summed E-state index contributed by atoms with van der Waals surface area (Å²) in [6.45, 7) is 0.834. The summed E-state index contributed by atoms with van der Waals surface area (Å²) >= 11 is 0. The number of aromatic nitrogens is 4. The quantitative estimate of drug-likeness (QED) is 0.593. The molecule has 4 aromatic rings. The summed E-state index contributed by atoms with van der Waals surface area (Å²) in [7, 11) is 0. The maximum Gasteiger partial charge on any atom is 0.0961 e. The Morgan fingerprint density at radius 2 is 2.00 bits per heavy atom. The normalized spacial score (nSPS) is 11.4. The van der Waals surface area contributed by atoms with Crippen molar-refractivity contribution in [2.75, 3.05) is 0 Å². The Morgan fingerprint density at radius 3 is 2.89 bits per heavy atom. The van der Waals surface area contributed by atoms with E-state index in [4.69, 9.17) is 0 Å². The molecule has 92 valence electrons. The van der Waals surface area contributed by atoms with Crippen molar-refractivity contribution in [2.45, 2.75) is 6.54 Å². The third kappa shape index (κ3) is 1.69. The van der Waals surface area contributed by atoms with Gasteiger partial charge in [-0.3, -0.25) is 5.10 Å². The van der Waals surface area contributed by atoms with Crippen molar-refractivity contribution in [3.8, 4) is 0 Å². The minimum atomic E-state index is 0.834. The molecule has 0 atom stereocenters. The first kappa shape index (κ1) is 10.3. The van der Waals surface area contributed by atoms with E-state index in [-0.39, 0.29) is 0 Å². The summed E-state index contributed by atoms with van der Waals surface area (Å²) in [6, 6.07) is 14.6. The average molecular weight is 248 g/mol. The molecule has 4 rings (SSSR count). The molecule has 2 heterocycles. The lowest BCUT2D eigenvalue weighted by molar-refractivity contribution is 0.825. The molecule has 4 heteroatoms. The van der Waals surface area contributed by atoms with Gasteiger partial charge < -0.3 is 4.57 Å². The van der Waals surface area contributed by atoms with Gasteiger partial charge in [0.15, 0.2) is 0 Å². The molecule has 0 amide bonds. The maximum atomic E-state index is 4.46. The molecule has 0 fully saturated rings. The Bertz CT molecular complexity index is 842. The van der Waals surface area contributed by atoms with Crippen molar-refractivity contribution >= 4 is 21.9 Å². The van der Waals surface area contributed by atoms with Crippen LogP contribution in [0.1, 0.15) is 5.56 Å². The molecule has 0 spiro atoms. The van der Waals surface area contributed by atoms with Gasteiger partial charge in [0, 0.05) is 11.9 Å². The zero-order valence-electron chi connectivity index (χ0n) is 10.2. The molecule has 0 bridgehead atoms. The van der Waals surface area contributed by atoms with E-state index >= 15 is 0 Å². The second-order valence-corrected chi connectivity index (χ2v) is 4.66. The van der Waals surface area contributed by atoms with Gasteiger partial charge in [0.25, 0.3) is 0 Å². The number of fused-ring (bicyclic) bond motifs is 2. The highest BCUT2D eigenvalue weighted by atomic mass is 15.1. The minimum absolute atomic E-state index is 0.834. The Hall–Kier alpha value is -2.62. The van der Waals surface area contributed by atoms with Crippen molar-refractivity contribution in [1.29, 1.82) is 0 Å². The number of nitrogens with one attached hydrogen (secondary N) is 1. The van der Waals surface area contributed by atoms with Crippen LogP contribution in [0.15, 0.2) is 55.0 Å². The zero-order valence-corrected chi connectivity index (χ0v) is 10.2. The molecule has 2 aromatic carbocycles. The lowest BCUT2D eigenvalue weighted by Crippen LogP contribution is -1.97. The Labute approximate surface area is 109 Å². The van der Waals surface area contributed by atoms with Gasteiger partial charge in [-0.25, -0.2) is 4.98 Å². The van der Waals surface area contributed by atoms with Crippen LogP contribution in [0.3, 0.4) is 0 Å². The van der Waals surface area contributed by atoms with Crippen molar-refractivity contribution in [3.05, 3.63) is 60.6 Å². The van der Waals surface area contributed by atoms with Crippen LogP contribution in [-0.2, 0) is 6.54 Å². The predicted octanol–water partition coefficient (Wildman–Crippen LogP) is 2.96. The SMILES string of the molecule is c1ccc(Cn2cnc3cc4[nH]ncc4cc32)cc1. The molecule has 0 aliphatic rings. The van der Waals surface area contributed by atoms with Gasteiger partial charge in [0.05, 0.1) is 29.1 Å². The Kier molecular flexibility index (Phi) is 2.14. The number of nitrogens with zero attached hydrogens (tertiary/aromatic N) is 3. The van der Waals surface area contributed by atoms with Gasteiger partial charge in [-0.2, -0.15) is 5.10 Å². The summed E-state index contributed by atoms with van der Waals surface area (Å²) in [5.41, 5.74) is 4.43. The topological polar surface area (TPSA) is 46.5 Å². The fourth-order valence-corrected chi connectivity index (χ4v) is 2.40. The van der Waals surface area contributed by atoms with Crippen LogP contribution in [0.25, 0.3) is 21.9 Å². The van der Waals surface area contributed by atoms with E-state index in [0.29, 0.717) is 0 Å². The Balaban J connectivity index is 1.85. The van der Waals surface area contributed by atoms with E-state index in [1.807, 2.05) is 24.7 Å². The first-order valence-electron chi connectivity index (χ1n) is 6.22. The van der Waals surface area contributed by atoms with Crippen LogP contribution >= 0.6 is 0 Å². The summed E-state index contributed by atoms with van der Waals surface area (Å²) in [5, 5.41) is 8.14. The van der Waals surface area contributed by atoms with Gasteiger partial charge in [0.2, 0.25) is 0 Å². The lowest BCUT2D eigenvalue weighted by atomic mass is 10.2. The van der Waals surface area contributed by atoms with E-state index in [2.05, 4.69) is 50.1 Å². The fraction of sp³-hybridized carbons (Fsp3) is 0.0667. The van der Waals surface area contributed by atoms with Crippen LogP contribution < -0.4 is 0 Å². The van der Waals surface area contributed by atoms with E-state index in [1.165, 1.54) is 5.56 Å². The van der Waals surface area contributed by atoms with Crippen LogP contribution in [-0.4, -0.2) is 19.7 Å². The van der Waals surface area contributed by atoms with Gasteiger partial charge >= 0.3 is 0 Å². The molecule has 19 heavy (non-hydrogen) atoms. The van der Waals surface area contributed by atoms with Crippen LogP contribution in [0.5, 0.6) is 0 Å². The highest BCUT2D eigenvalue weighted by Crippen LogP contribution is 2.21. The van der Waals surface area contributed by atoms with E-state index in [1.54, 1.807) is 0 Å². The molecule has 2 aromatic heterocycles. The number of benzene rings is 2. The monoisotopic (exact) mass is 248 g/mol. The van der Waals surface area contributed by atoms with Crippen LogP contribution in [0.4, 0.5) is 0 Å². The molecule has 1 N–H and O–H groups in total. The number of aromatic amines is 1. The van der Waals surface area contributed by atoms with Crippen molar-refractivity contribution in [3.63, 3.8) is 0 Å². The van der Waals surface area contributed by atoms with Gasteiger partial charge in [-0.1, -0.05) is 30.3 Å². The molecule has 0 aliphatic heterocycles. The van der Waals surface area contributed by atoms with Gasteiger partial charge in [-0.15, -0.1) is 0 Å². The summed E-state index contributed by atoms with van der Waals surface area (Å²) in [5.74, 6) is 0. The second kappa shape index (κ2) is 3.95. The third-order valence-corrected chi connectivity index (χ3v) is 3.38. The molecule has 0 radical (unpaired) electrons.